The summed E-state index contributed by atoms with van der Waals surface area (Å²) in [5.74, 6) is -0.694. The van der Waals surface area contributed by atoms with E-state index in [1.165, 1.54) is 11.3 Å². The molecule has 3 rings (SSSR count). The van der Waals surface area contributed by atoms with E-state index in [4.69, 9.17) is 9.47 Å². The van der Waals surface area contributed by atoms with Gasteiger partial charge in [0.25, 0.3) is 0 Å². The van der Waals surface area contributed by atoms with E-state index < -0.39 is 5.97 Å². The average Bonchev–Trinajstić information content (AvgIpc) is 3.21. The summed E-state index contributed by atoms with van der Waals surface area (Å²) in [6, 6.07) is 3.31. The summed E-state index contributed by atoms with van der Waals surface area (Å²) in [6.07, 6.45) is 1.82. The minimum absolute atomic E-state index is 0.0529. The van der Waals surface area contributed by atoms with Crippen molar-refractivity contribution in [2.24, 2.45) is 0 Å². The zero-order valence-corrected chi connectivity index (χ0v) is 13.1. The fourth-order valence-electron chi connectivity index (χ4n) is 2.01. The zero-order valence-electron chi connectivity index (χ0n) is 12.3. The number of hydrogen-bond donors (Lipinski definition) is 2. The number of benzene rings is 1. The molecule has 0 radical (unpaired) electrons. The van der Waals surface area contributed by atoms with Crippen molar-refractivity contribution in [3.8, 4) is 5.75 Å². The van der Waals surface area contributed by atoms with Gasteiger partial charge >= 0.3 is 5.97 Å². The van der Waals surface area contributed by atoms with E-state index in [9.17, 15) is 9.90 Å². The van der Waals surface area contributed by atoms with E-state index in [1.807, 2.05) is 13.8 Å². The lowest BCUT2D eigenvalue weighted by molar-refractivity contribution is 0.0692. The summed E-state index contributed by atoms with van der Waals surface area (Å²) in [5.41, 5.74) is 1.65. The number of thiazole rings is 1. The number of nitrogens with one attached hydrogen (secondary N) is 1. The van der Waals surface area contributed by atoms with Crippen molar-refractivity contribution in [1.29, 1.82) is 0 Å². The molecule has 1 aromatic heterocycles. The van der Waals surface area contributed by atoms with Crippen LogP contribution in [0.1, 0.15) is 20.8 Å². The summed E-state index contributed by atoms with van der Waals surface area (Å²) in [7, 11) is 0. The molecule has 1 aromatic carbocycles. The molecule has 7 heteroatoms. The molecule has 22 heavy (non-hydrogen) atoms. The summed E-state index contributed by atoms with van der Waals surface area (Å²) >= 11 is 1.50. The Labute approximate surface area is 131 Å². The second-order valence-corrected chi connectivity index (χ2v) is 6.34. The second kappa shape index (κ2) is 5.94. The average molecular weight is 320 g/mol. The third-order valence-corrected chi connectivity index (χ3v) is 4.09. The van der Waals surface area contributed by atoms with Gasteiger partial charge in [0.2, 0.25) is 0 Å². The highest BCUT2D eigenvalue weighted by Gasteiger charge is 2.26. The smallest absolute Gasteiger partial charge is 0.339 e. The summed E-state index contributed by atoms with van der Waals surface area (Å²) in [5, 5.41) is 13.3. The van der Waals surface area contributed by atoms with Crippen LogP contribution in [0, 0.1) is 13.8 Å². The third kappa shape index (κ3) is 3.20. The highest BCUT2D eigenvalue weighted by atomic mass is 32.1. The zero-order chi connectivity index (χ0) is 15.7. The number of aryl methyl sites for hydroxylation is 2. The van der Waals surface area contributed by atoms with Crippen LogP contribution in [0.25, 0.3) is 0 Å². The molecule has 6 nitrogen and oxygen atoms in total. The van der Waals surface area contributed by atoms with Gasteiger partial charge in [0.05, 0.1) is 12.3 Å². The maximum Gasteiger partial charge on any atom is 0.339 e. The Morgan fingerprint density at radius 2 is 2.32 bits per heavy atom. The fraction of sp³-hybridized carbons (Fsp3) is 0.333. The maximum absolute atomic E-state index is 11.5. The van der Waals surface area contributed by atoms with Crippen LogP contribution in [-0.4, -0.2) is 35.4 Å². The van der Waals surface area contributed by atoms with Gasteiger partial charge in [-0.05, 0) is 25.5 Å². The quantitative estimate of drug-likeness (QED) is 0.796. The van der Waals surface area contributed by atoms with Crippen LogP contribution >= 0.6 is 11.3 Å². The van der Waals surface area contributed by atoms with Crippen LogP contribution in [-0.2, 0) is 4.74 Å². The van der Waals surface area contributed by atoms with Crippen LogP contribution in [0.3, 0.4) is 0 Å². The standard InChI is InChI=1S/C15H16N2O4S/c1-8-3-4-11(14(18)19)13(21-7-10-6-20-10)12(8)17-15-16-5-9(2)22-15/h3-5,10H,6-7H2,1-2H3,(H,16,17)(H,18,19)/t10-/m1/s1. The van der Waals surface area contributed by atoms with Gasteiger partial charge in [0.1, 0.15) is 18.3 Å². The van der Waals surface area contributed by atoms with E-state index in [-0.39, 0.29) is 11.7 Å². The SMILES string of the molecule is Cc1cnc(Nc2c(C)ccc(C(=O)O)c2OC[C@H]2CO2)s1. The molecule has 0 unspecified atom stereocenters. The third-order valence-electron chi connectivity index (χ3n) is 3.27. The second-order valence-electron chi connectivity index (χ2n) is 5.11. The molecule has 116 valence electrons. The molecule has 2 heterocycles. The van der Waals surface area contributed by atoms with Gasteiger partial charge < -0.3 is 19.9 Å². The highest BCUT2D eigenvalue weighted by molar-refractivity contribution is 7.15. The summed E-state index contributed by atoms with van der Waals surface area (Å²) in [4.78, 5) is 16.8. The number of aromatic nitrogens is 1. The van der Waals surface area contributed by atoms with E-state index in [1.54, 1.807) is 18.3 Å². The maximum atomic E-state index is 11.5. The van der Waals surface area contributed by atoms with Gasteiger partial charge in [0, 0.05) is 11.1 Å². The van der Waals surface area contributed by atoms with Crippen molar-refractivity contribution in [3.63, 3.8) is 0 Å². The molecule has 0 aliphatic carbocycles. The molecule has 0 amide bonds. The lowest BCUT2D eigenvalue weighted by atomic mass is 10.1. The largest absolute Gasteiger partial charge is 0.488 e. The van der Waals surface area contributed by atoms with Crippen molar-refractivity contribution in [2.75, 3.05) is 18.5 Å². The molecule has 0 saturated carbocycles. The number of hydrogen-bond acceptors (Lipinski definition) is 6. The Hall–Kier alpha value is -2.12. The van der Waals surface area contributed by atoms with Gasteiger partial charge in [-0.2, -0.15) is 0 Å². The summed E-state index contributed by atoms with van der Waals surface area (Å²) in [6.45, 7) is 4.86. The van der Waals surface area contributed by atoms with Crippen molar-refractivity contribution in [2.45, 2.75) is 20.0 Å². The minimum Gasteiger partial charge on any atom is -0.488 e. The Bertz CT molecular complexity index is 710. The van der Waals surface area contributed by atoms with Gasteiger partial charge in [-0.3, -0.25) is 0 Å². The van der Waals surface area contributed by atoms with Crippen molar-refractivity contribution < 1.29 is 19.4 Å². The molecule has 0 bridgehead atoms. The lowest BCUT2D eigenvalue weighted by Crippen LogP contribution is -2.11. The molecule has 1 fully saturated rings. The Morgan fingerprint density at radius 3 is 2.91 bits per heavy atom. The highest BCUT2D eigenvalue weighted by Crippen LogP contribution is 2.36. The molecule has 2 aromatic rings. The number of carbonyl (C=O) groups is 1. The number of carboxylic acids is 1. The number of carboxylic acid groups (broad SMARTS) is 1. The van der Waals surface area contributed by atoms with Crippen LogP contribution < -0.4 is 10.1 Å². The van der Waals surface area contributed by atoms with Crippen molar-refractivity contribution in [1.82, 2.24) is 4.98 Å². The minimum atomic E-state index is -1.02. The van der Waals surface area contributed by atoms with Gasteiger partial charge in [-0.25, -0.2) is 9.78 Å². The fourth-order valence-corrected chi connectivity index (χ4v) is 2.68. The predicted molar refractivity (Wildman–Crippen MR) is 83.5 cm³/mol. The summed E-state index contributed by atoms with van der Waals surface area (Å²) < 4.78 is 10.8. The molecular formula is C15H16N2O4S. The van der Waals surface area contributed by atoms with Crippen molar-refractivity contribution in [3.05, 3.63) is 34.3 Å². The van der Waals surface area contributed by atoms with Crippen molar-refractivity contribution >= 4 is 28.1 Å². The Balaban J connectivity index is 1.96. The first-order chi connectivity index (χ1) is 10.5. The van der Waals surface area contributed by atoms with Gasteiger partial charge in [-0.1, -0.05) is 6.07 Å². The number of nitrogens with zero attached hydrogens (tertiary/aromatic N) is 1. The van der Waals surface area contributed by atoms with E-state index in [2.05, 4.69) is 10.3 Å². The molecule has 0 spiro atoms. The van der Waals surface area contributed by atoms with Crippen LogP contribution in [0.2, 0.25) is 0 Å². The molecule has 1 saturated heterocycles. The first-order valence-corrected chi connectivity index (χ1v) is 7.67. The van der Waals surface area contributed by atoms with E-state index >= 15 is 0 Å². The van der Waals surface area contributed by atoms with Gasteiger partial charge in [0.15, 0.2) is 10.9 Å². The lowest BCUT2D eigenvalue weighted by Gasteiger charge is -2.16. The number of aromatic carboxylic acids is 1. The van der Waals surface area contributed by atoms with E-state index in [0.29, 0.717) is 29.8 Å². The number of epoxide rings is 1. The first-order valence-electron chi connectivity index (χ1n) is 6.85. The van der Waals surface area contributed by atoms with Crippen LogP contribution in [0.15, 0.2) is 18.3 Å². The Kier molecular flexibility index (Phi) is 4.00. The molecule has 1 atom stereocenters. The van der Waals surface area contributed by atoms with E-state index in [0.717, 1.165) is 10.4 Å². The molecule has 2 N–H and O–H groups in total. The van der Waals surface area contributed by atoms with Gasteiger partial charge in [-0.15, -0.1) is 11.3 Å². The normalized spacial score (nSPS) is 16.4. The molecule has 1 aliphatic heterocycles. The monoisotopic (exact) mass is 320 g/mol. The van der Waals surface area contributed by atoms with Crippen LogP contribution in [0.5, 0.6) is 5.75 Å². The number of rotatable bonds is 6. The topological polar surface area (TPSA) is 84.0 Å². The molecular weight excluding hydrogens is 304 g/mol. The number of anilines is 2. The number of ether oxygens (including phenoxy) is 2. The predicted octanol–water partition coefficient (Wildman–Crippen LogP) is 2.98. The van der Waals surface area contributed by atoms with Crippen LogP contribution in [0.4, 0.5) is 10.8 Å². The molecule has 1 aliphatic rings. The first kappa shape index (κ1) is 14.8. The Morgan fingerprint density at radius 1 is 1.55 bits per heavy atom.